The van der Waals surface area contributed by atoms with Gasteiger partial charge in [-0.05, 0) is 45.7 Å². The monoisotopic (exact) mass is 371 g/mol. The fraction of sp³-hybridized carbons (Fsp3) is 0.500. The van der Waals surface area contributed by atoms with E-state index in [2.05, 4.69) is 65.6 Å². The van der Waals surface area contributed by atoms with E-state index in [1.54, 1.807) is 11.3 Å². The molecule has 0 saturated heterocycles. The minimum absolute atomic E-state index is 0.412. The molecule has 2 N–H and O–H groups in total. The van der Waals surface area contributed by atoms with Gasteiger partial charge in [-0.3, -0.25) is 0 Å². The third-order valence-corrected chi connectivity index (χ3v) is 5.80. The normalized spacial score (nSPS) is 15.1. The molecule has 1 atom stereocenters. The lowest BCUT2D eigenvalue weighted by molar-refractivity contribution is 0.625. The first-order chi connectivity index (χ1) is 12.6. The Morgan fingerprint density at radius 2 is 2.12 bits per heavy atom. The predicted molar refractivity (Wildman–Crippen MR) is 111 cm³/mol. The predicted octanol–water partition coefficient (Wildman–Crippen LogP) is 3.27. The van der Waals surface area contributed by atoms with E-state index in [-0.39, 0.29) is 0 Å². The smallest absolute Gasteiger partial charge is 0.191 e. The van der Waals surface area contributed by atoms with Crippen LogP contribution in [-0.4, -0.2) is 36.6 Å². The topological polar surface area (TPSA) is 52.6 Å². The first kappa shape index (κ1) is 18.7. The van der Waals surface area contributed by atoms with E-state index in [1.807, 2.05) is 6.92 Å². The maximum absolute atomic E-state index is 4.75. The van der Waals surface area contributed by atoms with Gasteiger partial charge >= 0.3 is 0 Å². The fourth-order valence-corrected chi connectivity index (χ4v) is 4.25. The maximum Gasteiger partial charge on any atom is 0.191 e. The van der Waals surface area contributed by atoms with E-state index in [4.69, 9.17) is 4.99 Å². The van der Waals surface area contributed by atoms with Crippen LogP contribution < -0.4 is 15.5 Å². The molecule has 0 fully saturated rings. The molecule has 0 saturated carbocycles. The Bertz CT molecular complexity index is 767. The Balaban J connectivity index is 1.60. The standard InChI is InChI=1S/C20H29N5S/c1-5-21-20(23-13-19-15(3)24-16(4)26-19)22-12-14(2)25-11-10-17-8-6-7-9-18(17)25/h6-9,14H,5,10-13H2,1-4H3,(H2,21,22,23). The summed E-state index contributed by atoms with van der Waals surface area (Å²) in [5.74, 6) is 0.872. The molecular weight excluding hydrogens is 342 g/mol. The maximum atomic E-state index is 4.75. The van der Waals surface area contributed by atoms with E-state index in [0.717, 1.165) is 42.7 Å². The number of guanidine groups is 1. The first-order valence-electron chi connectivity index (χ1n) is 9.38. The van der Waals surface area contributed by atoms with Crippen molar-refractivity contribution in [2.45, 2.75) is 46.7 Å². The van der Waals surface area contributed by atoms with Gasteiger partial charge in [-0.15, -0.1) is 11.3 Å². The molecule has 0 amide bonds. The number of aliphatic imine (C=N–C) groups is 1. The van der Waals surface area contributed by atoms with Crippen LogP contribution in [0.1, 0.15) is 35.0 Å². The van der Waals surface area contributed by atoms with Crippen LogP contribution >= 0.6 is 11.3 Å². The SMILES string of the molecule is CCNC(=NCc1sc(C)nc1C)NCC(C)N1CCc2ccccc21. The largest absolute Gasteiger partial charge is 0.366 e. The van der Waals surface area contributed by atoms with Crippen LogP contribution in [0.25, 0.3) is 0 Å². The van der Waals surface area contributed by atoms with Gasteiger partial charge in [0.25, 0.3) is 0 Å². The van der Waals surface area contributed by atoms with Gasteiger partial charge < -0.3 is 15.5 Å². The molecule has 1 aliphatic rings. The number of aryl methyl sites for hydroxylation is 2. The minimum atomic E-state index is 0.412. The molecular formula is C20H29N5S. The van der Waals surface area contributed by atoms with Crippen molar-refractivity contribution in [1.29, 1.82) is 0 Å². The van der Waals surface area contributed by atoms with Gasteiger partial charge in [-0.1, -0.05) is 18.2 Å². The van der Waals surface area contributed by atoms with Gasteiger partial charge in [0.15, 0.2) is 5.96 Å². The second-order valence-corrected chi connectivity index (χ2v) is 8.03. The number of rotatable bonds is 6. The summed E-state index contributed by atoms with van der Waals surface area (Å²) < 4.78 is 0. The fourth-order valence-electron chi connectivity index (χ4n) is 3.39. The van der Waals surface area contributed by atoms with Crippen molar-refractivity contribution >= 4 is 23.0 Å². The number of hydrogen-bond acceptors (Lipinski definition) is 4. The lowest BCUT2D eigenvalue weighted by atomic mass is 10.2. The summed E-state index contributed by atoms with van der Waals surface area (Å²) >= 11 is 1.73. The molecule has 140 valence electrons. The summed E-state index contributed by atoms with van der Waals surface area (Å²) in [4.78, 5) is 13.0. The summed E-state index contributed by atoms with van der Waals surface area (Å²) in [6.07, 6.45) is 1.14. The van der Waals surface area contributed by atoms with Crippen molar-refractivity contribution < 1.29 is 0 Å². The number of hydrogen-bond donors (Lipinski definition) is 2. The second-order valence-electron chi connectivity index (χ2n) is 6.74. The number of nitrogens with one attached hydrogen (secondary N) is 2. The molecule has 1 aromatic carbocycles. The number of aromatic nitrogens is 1. The van der Waals surface area contributed by atoms with E-state index in [9.17, 15) is 0 Å². The molecule has 6 heteroatoms. The molecule has 5 nitrogen and oxygen atoms in total. The average molecular weight is 372 g/mol. The van der Waals surface area contributed by atoms with E-state index in [1.165, 1.54) is 16.1 Å². The molecule has 26 heavy (non-hydrogen) atoms. The van der Waals surface area contributed by atoms with Gasteiger partial charge in [0, 0.05) is 36.2 Å². The highest BCUT2D eigenvalue weighted by Crippen LogP contribution is 2.28. The van der Waals surface area contributed by atoms with E-state index in [0.29, 0.717) is 12.6 Å². The van der Waals surface area contributed by atoms with Crippen LogP contribution in [0.3, 0.4) is 0 Å². The molecule has 3 rings (SSSR count). The van der Waals surface area contributed by atoms with E-state index < -0.39 is 0 Å². The van der Waals surface area contributed by atoms with Crippen LogP contribution in [0, 0.1) is 13.8 Å². The van der Waals surface area contributed by atoms with Crippen molar-refractivity contribution in [3.63, 3.8) is 0 Å². The highest BCUT2D eigenvalue weighted by molar-refractivity contribution is 7.11. The summed E-state index contributed by atoms with van der Waals surface area (Å²) in [6.45, 7) is 12.0. The van der Waals surface area contributed by atoms with Gasteiger partial charge in [0.1, 0.15) is 0 Å². The molecule has 1 unspecified atom stereocenters. The molecule has 2 aromatic rings. The van der Waals surface area contributed by atoms with Crippen LogP contribution in [0.4, 0.5) is 5.69 Å². The van der Waals surface area contributed by atoms with Crippen LogP contribution in [0.15, 0.2) is 29.3 Å². The lowest BCUT2D eigenvalue weighted by Crippen LogP contribution is -2.45. The van der Waals surface area contributed by atoms with Crippen molar-refractivity contribution in [1.82, 2.24) is 15.6 Å². The van der Waals surface area contributed by atoms with Gasteiger partial charge in [-0.25, -0.2) is 9.98 Å². The molecule has 2 heterocycles. The Kier molecular flexibility index (Phi) is 6.14. The Morgan fingerprint density at radius 1 is 1.31 bits per heavy atom. The highest BCUT2D eigenvalue weighted by atomic mass is 32.1. The minimum Gasteiger partial charge on any atom is -0.366 e. The van der Waals surface area contributed by atoms with Crippen LogP contribution in [-0.2, 0) is 13.0 Å². The zero-order valence-corrected chi connectivity index (χ0v) is 17.0. The van der Waals surface area contributed by atoms with E-state index >= 15 is 0 Å². The van der Waals surface area contributed by atoms with Crippen LogP contribution in [0.5, 0.6) is 0 Å². The summed E-state index contributed by atoms with van der Waals surface area (Å²) in [6, 6.07) is 9.13. The van der Waals surface area contributed by atoms with Gasteiger partial charge in [-0.2, -0.15) is 0 Å². The number of nitrogens with zero attached hydrogens (tertiary/aromatic N) is 3. The lowest BCUT2D eigenvalue weighted by Gasteiger charge is -2.28. The Labute approximate surface area is 160 Å². The molecule has 1 aliphatic heterocycles. The van der Waals surface area contributed by atoms with Crippen LogP contribution in [0.2, 0.25) is 0 Å². The first-order valence-corrected chi connectivity index (χ1v) is 10.2. The third-order valence-electron chi connectivity index (χ3n) is 4.74. The molecule has 1 aromatic heterocycles. The quantitative estimate of drug-likeness (QED) is 0.604. The Hall–Kier alpha value is -2.08. The zero-order chi connectivity index (χ0) is 18.5. The third kappa shape index (κ3) is 4.36. The number of thiazole rings is 1. The van der Waals surface area contributed by atoms with Crippen molar-refractivity contribution in [3.8, 4) is 0 Å². The van der Waals surface area contributed by atoms with Crippen molar-refractivity contribution in [2.24, 2.45) is 4.99 Å². The summed E-state index contributed by atoms with van der Waals surface area (Å²) in [5, 5.41) is 7.96. The van der Waals surface area contributed by atoms with Crippen molar-refractivity contribution in [2.75, 3.05) is 24.5 Å². The molecule has 0 spiro atoms. The summed E-state index contributed by atoms with van der Waals surface area (Å²) in [5.41, 5.74) is 3.92. The summed E-state index contributed by atoms with van der Waals surface area (Å²) in [7, 11) is 0. The van der Waals surface area contributed by atoms with Crippen molar-refractivity contribution in [3.05, 3.63) is 45.4 Å². The van der Waals surface area contributed by atoms with Gasteiger partial charge in [0.2, 0.25) is 0 Å². The number of para-hydroxylation sites is 1. The Morgan fingerprint density at radius 3 is 2.85 bits per heavy atom. The highest BCUT2D eigenvalue weighted by Gasteiger charge is 2.22. The zero-order valence-electron chi connectivity index (χ0n) is 16.2. The number of benzene rings is 1. The second kappa shape index (κ2) is 8.54. The molecule has 0 radical (unpaired) electrons. The van der Waals surface area contributed by atoms with Gasteiger partial charge in [0.05, 0.1) is 17.2 Å². The number of fused-ring (bicyclic) bond motifs is 1. The average Bonchev–Trinajstić information content (AvgIpc) is 3.20. The number of anilines is 1. The molecule has 0 aliphatic carbocycles. The molecule has 0 bridgehead atoms.